The zero-order valence-electron chi connectivity index (χ0n) is 14.5. The monoisotopic (exact) mass is 324 g/mol. The van der Waals surface area contributed by atoms with Crippen molar-refractivity contribution in [3.8, 4) is 5.75 Å². The molecule has 3 aromatic rings. The molecule has 0 saturated carbocycles. The molecule has 0 unspecified atom stereocenters. The van der Waals surface area contributed by atoms with Crippen LogP contribution in [-0.2, 0) is 6.54 Å². The second-order valence-corrected chi connectivity index (χ2v) is 6.15. The van der Waals surface area contributed by atoms with Crippen molar-refractivity contribution in [1.29, 1.82) is 0 Å². The molecule has 0 aliphatic carbocycles. The number of aliphatic hydroxyl groups excluding tert-OH is 1. The van der Waals surface area contributed by atoms with Gasteiger partial charge < -0.3 is 14.4 Å². The van der Waals surface area contributed by atoms with Crippen LogP contribution in [0.4, 0.5) is 0 Å². The van der Waals surface area contributed by atoms with E-state index in [0.717, 1.165) is 22.3 Å². The van der Waals surface area contributed by atoms with E-state index in [0.29, 0.717) is 25.4 Å². The Labute approximate surface area is 142 Å². The van der Waals surface area contributed by atoms with Crippen molar-refractivity contribution < 1.29 is 9.84 Å². The average Bonchev–Trinajstić information content (AvgIpc) is 2.95. The zero-order chi connectivity index (χ0) is 17.1. The van der Waals surface area contributed by atoms with Gasteiger partial charge in [0.25, 0.3) is 0 Å². The highest BCUT2D eigenvalue weighted by atomic mass is 16.5. The van der Waals surface area contributed by atoms with E-state index >= 15 is 0 Å². The zero-order valence-corrected chi connectivity index (χ0v) is 14.5. The lowest BCUT2D eigenvalue weighted by atomic mass is 10.1. The normalized spacial score (nSPS) is 12.5. The van der Waals surface area contributed by atoms with Crippen LogP contribution in [-0.4, -0.2) is 21.3 Å². The first-order valence-corrected chi connectivity index (χ1v) is 8.43. The summed E-state index contributed by atoms with van der Waals surface area (Å²) in [5, 5.41) is 10.3. The number of rotatable bonds is 6. The van der Waals surface area contributed by atoms with Gasteiger partial charge in [0.2, 0.25) is 0 Å². The highest BCUT2D eigenvalue weighted by Gasteiger charge is 2.16. The molecule has 0 radical (unpaired) electrons. The number of aromatic nitrogens is 2. The number of benzene rings is 2. The van der Waals surface area contributed by atoms with Crippen LogP contribution in [0.1, 0.15) is 36.4 Å². The lowest BCUT2D eigenvalue weighted by Gasteiger charge is -2.14. The largest absolute Gasteiger partial charge is 0.491 e. The molecule has 1 heterocycles. The molecule has 4 heteroatoms. The number of imidazole rings is 1. The molecule has 0 saturated heterocycles. The third kappa shape index (κ3) is 3.29. The number of hydrogen-bond donors (Lipinski definition) is 1. The standard InChI is InChI=1S/C20H24N2O2/c1-4-18(23)20-21-16-7-5-6-8-17(16)22(20)11-12-24-19-10-9-14(2)13-15(19)3/h5-10,13,18,23H,4,11-12H2,1-3H3/t18-/m0/s1. The molecule has 0 spiro atoms. The molecular weight excluding hydrogens is 300 g/mol. The third-order valence-electron chi connectivity index (χ3n) is 4.27. The number of nitrogens with zero attached hydrogens (tertiary/aromatic N) is 2. The Morgan fingerprint density at radius 2 is 1.96 bits per heavy atom. The predicted molar refractivity (Wildman–Crippen MR) is 96.4 cm³/mol. The van der Waals surface area contributed by atoms with Gasteiger partial charge in [-0.3, -0.25) is 0 Å². The maximum atomic E-state index is 10.3. The highest BCUT2D eigenvalue weighted by Crippen LogP contribution is 2.23. The first kappa shape index (κ1) is 16.5. The van der Waals surface area contributed by atoms with Crippen LogP contribution >= 0.6 is 0 Å². The summed E-state index contributed by atoms with van der Waals surface area (Å²) in [5.74, 6) is 1.62. The molecule has 0 bridgehead atoms. The molecule has 24 heavy (non-hydrogen) atoms. The molecule has 0 aliphatic heterocycles. The number of hydrogen-bond acceptors (Lipinski definition) is 3. The van der Waals surface area contributed by atoms with Crippen LogP contribution in [0.15, 0.2) is 42.5 Å². The fraction of sp³-hybridized carbons (Fsp3) is 0.350. The van der Waals surface area contributed by atoms with Crippen LogP contribution in [0.5, 0.6) is 5.75 Å². The minimum Gasteiger partial charge on any atom is -0.491 e. The Morgan fingerprint density at radius 3 is 2.71 bits per heavy atom. The third-order valence-corrected chi connectivity index (χ3v) is 4.27. The molecule has 1 atom stereocenters. The summed E-state index contributed by atoms with van der Waals surface area (Å²) >= 11 is 0. The van der Waals surface area contributed by atoms with Gasteiger partial charge in [0, 0.05) is 0 Å². The molecule has 1 aromatic heterocycles. The van der Waals surface area contributed by atoms with Crippen molar-refractivity contribution in [1.82, 2.24) is 9.55 Å². The summed E-state index contributed by atoms with van der Waals surface area (Å²) in [7, 11) is 0. The van der Waals surface area contributed by atoms with Gasteiger partial charge in [-0.2, -0.15) is 0 Å². The van der Waals surface area contributed by atoms with Crippen LogP contribution < -0.4 is 4.74 Å². The van der Waals surface area contributed by atoms with Crippen molar-refractivity contribution in [3.05, 3.63) is 59.4 Å². The summed E-state index contributed by atoms with van der Waals surface area (Å²) in [6, 6.07) is 14.2. The first-order valence-electron chi connectivity index (χ1n) is 8.43. The maximum Gasteiger partial charge on any atom is 0.138 e. The Hall–Kier alpha value is -2.33. The van der Waals surface area contributed by atoms with Gasteiger partial charge in [-0.15, -0.1) is 0 Å². The SMILES string of the molecule is CC[C@H](O)c1nc2ccccc2n1CCOc1ccc(C)cc1C. The number of aliphatic hydroxyl groups is 1. The molecule has 3 rings (SSSR count). The Bertz CT molecular complexity index is 839. The van der Waals surface area contributed by atoms with Gasteiger partial charge in [-0.05, 0) is 44.0 Å². The van der Waals surface area contributed by atoms with E-state index in [4.69, 9.17) is 4.74 Å². The van der Waals surface area contributed by atoms with Crippen LogP contribution in [0, 0.1) is 13.8 Å². The second-order valence-electron chi connectivity index (χ2n) is 6.15. The van der Waals surface area contributed by atoms with Crippen LogP contribution in [0.25, 0.3) is 11.0 Å². The number of aryl methyl sites for hydroxylation is 2. The van der Waals surface area contributed by atoms with Gasteiger partial charge in [0.05, 0.1) is 17.6 Å². The van der Waals surface area contributed by atoms with Gasteiger partial charge >= 0.3 is 0 Å². The van der Waals surface area contributed by atoms with E-state index in [1.807, 2.05) is 37.3 Å². The predicted octanol–water partition coefficient (Wildman–Crippen LogP) is 4.18. The van der Waals surface area contributed by atoms with E-state index in [1.165, 1.54) is 5.56 Å². The smallest absolute Gasteiger partial charge is 0.138 e. The van der Waals surface area contributed by atoms with E-state index in [1.54, 1.807) is 0 Å². The van der Waals surface area contributed by atoms with Gasteiger partial charge in [0.1, 0.15) is 24.3 Å². The average molecular weight is 324 g/mol. The van der Waals surface area contributed by atoms with Crippen LogP contribution in [0.2, 0.25) is 0 Å². The number of ether oxygens (including phenoxy) is 1. The molecule has 0 amide bonds. The van der Waals surface area contributed by atoms with Gasteiger partial charge in [-0.25, -0.2) is 4.98 Å². The Morgan fingerprint density at radius 1 is 1.17 bits per heavy atom. The molecule has 0 fully saturated rings. The molecule has 0 aliphatic rings. The highest BCUT2D eigenvalue weighted by molar-refractivity contribution is 5.76. The van der Waals surface area contributed by atoms with Crippen molar-refractivity contribution in [3.63, 3.8) is 0 Å². The van der Waals surface area contributed by atoms with Crippen molar-refractivity contribution in [2.24, 2.45) is 0 Å². The van der Waals surface area contributed by atoms with Crippen LogP contribution in [0.3, 0.4) is 0 Å². The van der Waals surface area contributed by atoms with Gasteiger partial charge in [-0.1, -0.05) is 36.8 Å². The quantitative estimate of drug-likeness (QED) is 0.740. The molecule has 4 nitrogen and oxygen atoms in total. The maximum absolute atomic E-state index is 10.3. The van der Waals surface area contributed by atoms with E-state index < -0.39 is 6.10 Å². The Balaban J connectivity index is 1.81. The lowest BCUT2D eigenvalue weighted by molar-refractivity contribution is 0.157. The van der Waals surface area contributed by atoms with E-state index in [9.17, 15) is 5.11 Å². The molecule has 1 N–H and O–H groups in total. The summed E-state index contributed by atoms with van der Waals surface area (Å²) in [4.78, 5) is 4.60. The van der Waals surface area contributed by atoms with E-state index in [-0.39, 0.29) is 0 Å². The van der Waals surface area contributed by atoms with Crippen molar-refractivity contribution in [2.75, 3.05) is 6.61 Å². The summed E-state index contributed by atoms with van der Waals surface area (Å²) in [6.45, 7) is 7.28. The minimum atomic E-state index is -0.557. The summed E-state index contributed by atoms with van der Waals surface area (Å²) in [5.41, 5.74) is 4.31. The second kappa shape index (κ2) is 7.05. The summed E-state index contributed by atoms with van der Waals surface area (Å²) < 4.78 is 8.01. The minimum absolute atomic E-state index is 0.535. The molecular formula is C20H24N2O2. The van der Waals surface area contributed by atoms with Crippen molar-refractivity contribution in [2.45, 2.75) is 39.8 Å². The first-order chi connectivity index (χ1) is 11.6. The molecule has 2 aromatic carbocycles. The molecule has 126 valence electrons. The van der Waals surface area contributed by atoms with Gasteiger partial charge in [0.15, 0.2) is 0 Å². The summed E-state index contributed by atoms with van der Waals surface area (Å²) in [6.07, 6.45) is 0.0832. The Kier molecular flexibility index (Phi) is 4.86. The lowest BCUT2D eigenvalue weighted by Crippen LogP contribution is -2.14. The fourth-order valence-electron chi connectivity index (χ4n) is 2.97. The van der Waals surface area contributed by atoms with Crippen molar-refractivity contribution >= 4 is 11.0 Å². The topological polar surface area (TPSA) is 47.3 Å². The number of para-hydroxylation sites is 2. The number of fused-ring (bicyclic) bond motifs is 1. The fourth-order valence-corrected chi connectivity index (χ4v) is 2.97. The van der Waals surface area contributed by atoms with E-state index in [2.05, 4.69) is 35.5 Å².